The number of alkyl halides is 1. The van der Waals surface area contributed by atoms with Gasteiger partial charge >= 0.3 is 0 Å². The number of aryl methyl sites for hydroxylation is 1. The number of nitrogens with two attached hydrogens (primary N) is 1. The summed E-state index contributed by atoms with van der Waals surface area (Å²) in [5.41, 5.74) is 12.2. The highest BCUT2D eigenvalue weighted by atomic mass is 19.1. The van der Waals surface area contributed by atoms with E-state index in [1.165, 1.54) is 24.0 Å². The van der Waals surface area contributed by atoms with Crippen LogP contribution in [0.5, 0.6) is 0 Å². The van der Waals surface area contributed by atoms with Gasteiger partial charge in [0, 0.05) is 48.3 Å². The molecule has 3 fully saturated rings. The van der Waals surface area contributed by atoms with Crippen LogP contribution >= 0.6 is 0 Å². The average molecular weight is 577 g/mol. The minimum Gasteiger partial charge on any atom is -0.398 e. The predicted molar refractivity (Wildman–Crippen MR) is 172 cm³/mol. The molecular weight excluding hydrogens is 523 g/mol. The summed E-state index contributed by atoms with van der Waals surface area (Å²) < 4.78 is 12.8. The van der Waals surface area contributed by atoms with Crippen molar-refractivity contribution in [3.63, 3.8) is 0 Å². The zero-order valence-electron chi connectivity index (χ0n) is 27.4. The van der Waals surface area contributed by atoms with E-state index in [4.69, 9.17) is 15.7 Å². The smallest absolute Gasteiger partial charge is 0.136 e. The quantitative estimate of drug-likeness (QED) is 0.331. The molecule has 3 aliphatic rings. The lowest BCUT2D eigenvalue weighted by Gasteiger charge is -2.55. The maximum Gasteiger partial charge on any atom is 0.136 e. The van der Waals surface area contributed by atoms with Crippen LogP contribution in [0.2, 0.25) is 0 Å². The Balaban J connectivity index is 0.000000337. The van der Waals surface area contributed by atoms with E-state index in [9.17, 15) is 9.65 Å². The number of hydrogen-bond donors (Lipinski definition) is 1. The number of rotatable bonds is 8. The standard InChI is InChI=1S/C27H39N5.C8H14FN/c1-8-11-20-24(14-21-19(17(4)9-2)12-13-23(29)22(21)15-28)30-25(10-3)31-26(20)32-16-18(5)27(32,6)7;1-8-3-2-4-10(8)6-7(9)5-8/h12-13,17-18H,8-11,14,16,29H2,1-7H3;7H,2-6H2,1H3/t17-,18?;/m0./s1. The molecule has 3 aliphatic heterocycles. The SMILES string of the molecule is CC12CCCN1CC(F)C2.CCCc1c(Cc2c([C@@H](C)CC)ccc(N)c2C#N)nc(CC)nc1N1CC(C)C1(C)C. The van der Waals surface area contributed by atoms with E-state index in [0.29, 0.717) is 36.1 Å². The van der Waals surface area contributed by atoms with E-state index >= 15 is 0 Å². The van der Waals surface area contributed by atoms with E-state index in [0.717, 1.165) is 68.1 Å². The fourth-order valence-electron chi connectivity index (χ4n) is 7.10. The van der Waals surface area contributed by atoms with Gasteiger partial charge in [0.1, 0.15) is 23.9 Å². The molecule has 1 aromatic carbocycles. The molecule has 3 unspecified atom stereocenters. The van der Waals surface area contributed by atoms with E-state index in [2.05, 4.69) is 77.3 Å². The van der Waals surface area contributed by atoms with Gasteiger partial charge in [0.15, 0.2) is 0 Å². The van der Waals surface area contributed by atoms with Crippen molar-refractivity contribution in [3.8, 4) is 6.07 Å². The third-order valence-electron chi connectivity index (χ3n) is 10.5. The maximum absolute atomic E-state index is 12.8. The summed E-state index contributed by atoms with van der Waals surface area (Å²) in [6, 6.07) is 6.36. The monoisotopic (exact) mass is 576 g/mol. The number of halogens is 1. The lowest BCUT2D eigenvalue weighted by Crippen LogP contribution is -2.63. The van der Waals surface area contributed by atoms with E-state index < -0.39 is 6.17 Å². The van der Waals surface area contributed by atoms with Gasteiger partial charge in [-0.2, -0.15) is 5.26 Å². The predicted octanol–water partition coefficient (Wildman–Crippen LogP) is 7.37. The summed E-state index contributed by atoms with van der Waals surface area (Å²) in [6.45, 7) is 20.7. The number of nitrogen functional groups attached to an aromatic ring is 1. The van der Waals surface area contributed by atoms with Crippen LogP contribution in [0.25, 0.3) is 0 Å². The minimum atomic E-state index is -0.551. The molecule has 4 heterocycles. The highest BCUT2D eigenvalue weighted by Crippen LogP contribution is 2.42. The Labute approximate surface area is 253 Å². The van der Waals surface area contributed by atoms with Gasteiger partial charge in [-0.15, -0.1) is 0 Å². The van der Waals surface area contributed by atoms with Gasteiger partial charge in [-0.1, -0.05) is 47.1 Å². The van der Waals surface area contributed by atoms with E-state index in [1.54, 1.807) is 0 Å². The molecule has 3 saturated heterocycles. The molecule has 6 nitrogen and oxygen atoms in total. The van der Waals surface area contributed by atoms with Crippen LogP contribution in [0.1, 0.15) is 127 Å². The fourth-order valence-corrected chi connectivity index (χ4v) is 7.10. The van der Waals surface area contributed by atoms with Crippen molar-refractivity contribution in [1.82, 2.24) is 14.9 Å². The molecule has 230 valence electrons. The largest absolute Gasteiger partial charge is 0.398 e. The lowest BCUT2D eigenvalue weighted by atomic mass is 9.77. The van der Waals surface area contributed by atoms with Crippen LogP contribution in [0.4, 0.5) is 15.9 Å². The first kappa shape index (κ1) is 32.2. The summed E-state index contributed by atoms with van der Waals surface area (Å²) in [5, 5.41) is 9.95. The zero-order valence-corrected chi connectivity index (χ0v) is 27.4. The van der Waals surface area contributed by atoms with Gasteiger partial charge < -0.3 is 10.6 Å². The molecule has 4 atom stereocenters. The Hall–Kier alpha value is -2.72. The van der Waals surface area contributed by atoms with E-state index in [-0.39, 0.29) is 11.1 Å². The molecule has 0 aliphatic carbocycles. The summed E-state index contributed by atoms with van der Waals surface area (Å²) >= 11 is 0. The van der Waals surface area contributed by atoms with Crippen molar-refractivity contribution in [1.29, 1.82) is 5.26 Å². The van der Waals surface area contributed by atoms with Crippen LogP contribution < -0.4 is 10.6 Å². The van der Waals surface area contributed by atoms with Gasteiger partial charge in [0.05, 0.1) is 11.3 Å². The Morgan fingerprint density at radius 3 is 2.45 bits per heavy atom. The second kappa shape index (κ2) is 12.9. The molecule has 1 aromatic heterocycles. The molecule has 0 bridgehead atoms. The second-order valence-electron chi connectivity index (χ2n) is 13.7. The Morgan fingerprint density at radius 1 is 1.14 bits per heavy atom. The van der Waals surface area contributed by atoms with Crippen molar-refractivity contribution in [3.05, 3.63) is 45.9 Å². The summed E-state index contributed by atoms with van der Waals surface area (Å²) in [6.07, 6.45) is 7.07. The maximum atomic E-state index is 12.8. The molecule has 2 aromatic rings. The minimum absolute atomic E-state index is 0.0794. The van der Waals surface area contributed by atoms with E-state index in [1.807, 2.05) is 6.07 Å². The van der Waals surface area contributed by atoms with Crippen molar-refractivity contribution in [2.24, 2.45) is 5.92 Å². The number of fused-ring (bicyclic) bond motifs is 1. The highest BCUT2D eigenvalue weighted by Gasteiger charge is 2.46. The van der Waals surface area contributed by atoms with Gasteiger partial charge in [0.2, 0.25) is 0 Å². The van der Waals surface area contributed by atoms with Crippen LogP contribution in [0.3, 0.4) is 0 Å². The zero-order chi connectivity index (χ0) is 30.8. The van der Waals surface area contributed by atoms with Crippen LogP contribution in [0, 0.1) is 17.2 Å². The molecule has 5 rings (SSSR count). The third kappa shape index (κ3) is 6.16. The van der Waals surface area contributed by atoms with Crippen molar-refractivity contribution >= 4 is 11.5 Å². The molecule has 0 radical (unpaired) electrons. The fraction of sp³-hybridized carbons (Fsp3) is 0.686. The van der Waals surface area contributed by atoms with Crippen LogP contribution in [0.15, 0.2) is 12.1 Å². The number of benzene rings is 1. The topological polar surface area (TPSA) is 82.1 Å². The van der Waals surface area contributed by atoms with Crippen molar-refractivity contribution < 1.29 is 4.39 Å². The molecule has 0 spiro atoms. The molecule has 0 saturated carbocycles. The molecule has 2 N–H and O–H groups in total. The van der Waals surface area contributed by atoms with Crippen LogP contribution in [-0.2, 0) is 19.3 Å². The highest BCUT2D eigenvalue weighted by molar-refractivity contribution is 5.63. The van der Waals surface area contributed by atoms with Gasteiger partial charge in [0.25, 0.3) is 0 Å². The first-order valence-electron chi connectivity index (χ1n) is 16.3. The molecule has 7 heteroatoms. The first-order valence-corrected chi connectivity index (χ1v) is 16.3. The molecular formula is C35H53FN6. The second-order valence-corrected chi connectivity index (χ2v) is 13.7. The molecule has 42 heavy (non-hydrogen) atoms. The van der Waals surface area contributed by atoms with Crippen molar-refractivity contribution in [2.75, 3.05) is 30.3 Å². The first-order chi connectivity index (χ1) is 19.9. The Bertz CT molecular complexity index is 1300. The third-order valence-corrected chi connectivity index (χ3v) is 10.5. The Kier molecular flexibility index (Phi) is 9.87. The number of hydrogen-bond acceptors (Lipinski definition) is 6. The van der Waals surface area contributed by atoms with Crippen LogP contribution in [-0.4, -0.2) is 51.8 Å². The number of nitrogens with zero attached hydrogens (tertiary/aromatic N) is 5. The normalized spacial score (nSPS) is 25.3. The summed E-state index contributed by atoms with van der Waals surface area (Å²) in [5.74, 6) is 2.94. The van der Waals surface area contributed by atoms with Gasteiger partial charge in [-0.25, -0.2) is 14.4 Å². The number of nitriles is 1. The molecule has 0 amide bonds. The summed E-state index contributed by atoms with van der Waals surface area (Å²) in [7, 11) is 0. The van der Waals surface area contributed by atoms with Gasteiger partial charge in [-0.3, -0.25) is 4.90 Å². The average Bonchev–Trinajstić information content (AvgIpc) is 3.45. The summed E-state index contributed by atoms with van der Waals surface area (Å²) in [4.78, 5) is 14.8. The Morgan fingerprint density at radius 2 is 1.88 bits per heavy atom. The van der Waals surface area contributed by atoms with Gasteiger partial charge in [-0.05, 0) is 88.4 Å². The van der Waals surface area contributed by atoms with Crippen molar-refractivity contribution in [2.45, 2.75) is 130 Å². The number of aromatic nitrogens is 2. The lowest BCUT2D eigenvalue weighted by molar-refractivity contribution is 0.215. The number of anilines is 2.